The van der Waals surface area contributed by atoms with Crippen LogP contribution in [0, 0.1) is 0 Å². The summed E-state index contributed by atoms with van der Waals surface area (Å²) in [6, 6.07) is 0.820. The maximum absolute atomic E-state index is 5.81. The molecule has 2 aliphatic rings. The monoisotopic (exact) mass is 254 g/mol. The van der Waals surface area contributed by atoms with Crippen LogP contribution in [0.1, 0.15) is 51.9 Å². The fraction of sp³-hybridized carbons (Fsp3) is 1.00. The van der Waals surface area contributed by atoms with E-state index in [1.807, 2.05) is 0 Å². The Morgan fingerprint density at radius 3 is 2.83 bits per heavy atom. The lowest BCUT2D eigenvalue weighted by Crippen LogP contribution is -2.34. The van der Waals surface area contributed by atoms with E-state index in [2.05, 4.69) is 17.1 Å². The Bertz CT molecular complexity index is 217. The molecule has 1 N–H and O–H groups in total. The highest BCUT2D eigenvalue weighted by atomic mass is 16.5. The molecule has 3 heteroatoms. The van der Waals surface area contributed by atoms with Crippen molar-refractivity contribution in [1.29, 1.82) is 0 Å². The summed E-state index contributed by atoms with van der Waals surface area (Å²) in [6.45, 7) is 7.98. The van der Waals surface area contributed by atoms with Gasteiger partial charge in [-0.05, 0) is 45.2 Å². The van der Waals surface area contributed by atoms with Gasteiger partial charge in [0.1, 0.15) is 0 Å². The zero-order valence-electron chi connectivity index (χ0n) is 12.0. The molecule has 1 saturated heterocycles. The molecule has 0 amide bonds. The predicted molar refractivity (Wildman–Crippen MR) is 76.0 cm³/mol. The van der Waals surface area contributed by atoms with Crippen molar-refractivity contribution >= 4 is 0 Å². The third kappa shape index (κ3) is 4.87. The van der Waals surface area contributed by atoms with Crippen LogP contribution in [0.4, 0.5) is 0 Å². The molecule has 0 bridgehead atoms. The van der Waals surface area contributed by atoms with Crippen LogP contribution in [0.5, 0.6) is 0 Å². The third-order valence-corrected chi connectivity index (χ3v) is 4.33. The van der Waals surface area contributed by atoms with Gasteiger partial charge in [0.2, 0.25) is 0 Å². The van der Waals surface area contributed by atoms with Gasteiger partial charge >= 0.3 is 0 Å². The molecule has 106 valence electrons. The first-order chi connectivity index (χ1) is 8.88. The second kappa shape index (κ2) is 8.13. The first kappa shape index (κ1) is 14.3. The van der Waals surface area contributed by atoms with Gasteiger partial charge in [-0.2, -0.15) is 0 Å². The lowest BCUT2D eigenvalue weighted by molar-refractivity contribution is 0.0518. The average Bonchev–Trinajstić information content (AvgIpc) is 2.80. The van der Waals surface area contributed by atoms with E-state index in [1.165, 1.54) is 58.2 Å². The average molecular weight is 254 g/mol. The molecule has 1 saturated carbocycles. The standard InChI is InChI=1S/C15H30N2O/c1-2-15-13-17(11-6-12-18-15)10-5-9-16-14-7-3-4-8-14/h14-16H,2-13H2,1H3. The van der Waals surface area contributed by atoms with Crippen LogP contribution in [-0.4, -0.2) is 49.8 Å². The second-order valence-electron chi connectivity index (χ2n) is 5.84. The summed E-state index contributed by atoms with van der Waals surface area (Å²) < 4.78 is 5.81. The molecular weight excluding hydrogens is 224 g/mol. The summed E-state index contributed by atoms with van der Waals surface area (Å²) in [6.07, 6.45) is 9.76. The van der Waals surface area contributed by atoms with Crippen LogP contribution in [0.15, 0.2) is 0 Å². The van der Waals surface area contributed by atoms with Gasteiger partial charge in [-0.3, -0.25) is 0 Å². The Balaban J connectivity index is 1.56. The first-order valence-electron chi connectivity index (χ1n) is 7.96. The molecule has 0 radical (unpaired) electrons. The summed E-state index contributed by atoms with van der Waals surface area (Å²) >= 11 is 0. The Morgan fingerprint density at radius 1 is 1.22 bits per heavy atom. The molecule has 1 heterocycles. The van der Waals surface area contributed by atoms with Crippen LogP contribution in [0.25, 0.3) is 0 Å². The lowest BCUT2D eigenvalue weighted by atomic mass is 10.2. The molecule has 0 aromatic heterocycles. The van der Waals surface area contributed by atoms with Crippen molar-refractivity contribution in [2.24, 2.45) is 0 Å². The van der Waals surface area contributed by atoms with Crippen LogP contribution in [0.2, 0.25) is 0 Å². The van der Waals surface area contributed by atoms with Gasteiger partial charge in [-0.1, -0.05) is 19.8 Å². The quantitative estimate of drug-likeness (QED) is 0.737. The summed E-state index contributed by atoms with van der Waals surface area (Å²) in [5.74, 6) is 0. The van der Waals surface area contributed by atoms with Gasteiger partial charge in [-0.25, -0.2) is 0 Å². The summed E-state index contributed by atoms with van der Waals surface area (Å²) in [5.41, 5.74) is 0. The van der Waals surface area contributed by atoms with E-state index in [4.69, 9.17) is 4.74 Å². The fourth-order valence-electron chi connectivity index (χ4n) is 3.16. The molecule has 0 aromatic carbocycles. The minimum atomic E-state index is 0.468. The van der Waals surface area contributed by atoms with Crippen molar-refractivity contribution < 1.29 is 4.74 Å². The van der Waals surface area contributed by atoms with E-state index in [0.717, 1.165) is 25.6 Å². The van der Waals surface area contributed by atoms with E-state index >= 15 is 0 Å². The van der Waals surface area contributed by atoms with E-state index in [9.17, 15) is 0 Å². The number of hydrogen-bond acceptors (Lipinski definition) is 3. The van der Waals surface area contributed by atoms with Gasteiger partial charge < -0.3 is 15.0 Å². The molecule has 0 spiro atoms. The molecular formula is C15H30N2O. The molecule has 1 aliphatic heterocycles. The molecule has 1 unspecified atom stereocenters. The van der Waals surface area contributed by atoms with E-state index in [1.54, 1.807) is 0 Å². The SMILES string of the molecule is CCC1CN(CCCNC2CCCC2)CCCO1. The van der Waals surface area contributed by atoms with Crippen molar-refractivity contribution in [1.82, 2.24) is 10.2 Å². The van der Waals surface area contributed by atoms with Gasteiger partial charge in [0.05, 0.1) is 6.10 Å². The highest BCUT2D eigenvalue weighted by Gasteiger charge is 2.17. The highest BCUT2D eigenvalue weighted by Crippen LogP contribution is 2.17. The van der Waals surface area contributed by atoms with Crippen LogP contribution in [-0.2, 0) is 4.74 Å². The van der Waals surface area contributed by atoms with Crippen molar-refractivity contribution in [3.63, 3.8) is 0 Å². The Kier molecular flexibility index (Phi) is 6.46. The minimum absolute atomic E-state index is 0.468. The van der Waals surface area contributed by atoms with E-state index in [-0.39, 0.29) is 0 Å². The zero-order chi connectivity index (χ0) is 12.6. The van der Waals surface area contributed by atoms with Crippen molar-refractivity contribution in [2.75, 3.05) is 32.8 Å². The van der Waals surface area contributed by atoms with Gasteiger partial charge in [0, 0.05) is 25.7 Å². The number of nitrogens with one attached hydrogen (secondary N) is 1. The van der Waals surface area contributed by atoms with E-state index < -0.39 is 0 Å². The summed E-state index contributed by atoms with van der Waals surface area (Å²) in [5, 5.41) is 3.70. The molecule has 1 aliphatic carbocycles. The predicted octanol–water partition coefficient (Wildman–Crippen LogP) is 2.41. The maximum Gasteiger partial charge on any atom is 0.0699 e. The summed E-state index contributed by atoms with van der Waals surface area (Å²) in [7, 11) is 0. The zero-order valence-corrected chi connectivity index (χ0v) is 12.0. The summed E-state index contributed by atoms with van der Waals surface area (Å²) in [4.78, 5) is 2.59. The van der Waals surface area contributed by atoms with Gasteiger partial charge in [-0.15, -0.1) is 0 Å². The van der Waals surface area contributed by atoms with Crippen LogP contribution in [0.3, 0.4) is 0 Å². The van der Waals surface area contributed by atoms with Crippen molar-refractivity contribution in [3.8, 4) is 0 Å². The molecule has 0 aromatic rings. The molecule has 3 nitrogen and oxygen atoms in total. The smallest absolute Gasteiger partial charge is 0.0699 e. The fourth-order valence-corrected chi connectivity index (χ4v) is 3.16. The largest absolute Gasteiger partial charge is 0.377 e. The highest BCUT2D eigenvalue weighted by molar-refractivity contribution is 4.74. The number of nitrogens with zero attached hydrogens (tertiary/aromatic N) is 1. The van der Waals surface area contributed by atoms with Gasteiger partial charge in [0.15, 0.2) is 0 Å². The normalized spacial score (nSPS) is 27.5. The Morgan fingerprint density at radius 2 is 2.06 bits per heavy atom. The van der Waals surface area contributed by atoms with Crippen molar-refractivity contribution in [3.05, 3.63) is 0 Å². The first-order valence-corrected chi connectivity index (χ1v) is 7.96. The number of ether oxygens (including phenoxy) is 1. The lowest BCUT2D eigenvalue weighted by Gasteiger charge is -2.23. The van der Waals surface area contributed by atoms with Crippen LogP contribution < -0.4 is 5.32 Å². The Labute approximate surface area is 112 Å². The molecule has 1 atom stereocenters. The number of rotatable bonds is 6. The van der Waals surface area contributed by atoms with Crippen molar-refractivity contribution in [2.45, 2.75) is 64.0 Å². The van der Waals surface area contributed by atoms with E-state index in [0.29, 0.717) is 6.10 Å². The molecule has 18 heavy (non-hydrogen) atoms. The van der Waals surface area contributed by atoms with Gasteiger partial charge in [0.25, 0.3) is 0 Å². The topological polar surface area (TPSA) is 24.5 Å². The molecule has 2 fully saturated rings. The minimum Gasteiger partial charge on any atom is -0.377 e. The van der Waals surface area contributed by atoms with Crippen LogP contribution >= 0.6 is 0 Å². The maximum atomic E-state index is 5.81. The number of hydrogen-bond donors (Lipinski definition) is 1. The third-order valence-electron chi connectivity index (χ3n) is 4.33. The second-order valence-corrected chi connectivity index (χ2v) is 5.84. The molecule has 2 rings (SSSR count). The Hall–Kier alpha value is -0.120.